The Hall–Kier alpha value is -2.74. The monoisotopic (exact) mass is 401 g/mol. The van der Waals surface area contributed by atoms with E-state index in [0.717, 1.165) is 51.3 Å². The lowest BCUT2D eigenvalue weighted by molar-refractivity contribution is -0.130. The molecule has 0 bridgehead atoms. The van der Waals surface area contributed by atoms with Gasteiger partial charge in [-0.2, -0.15) is 0 Å². The molecule has 0 aliphatic carbocycles. The zero-order chi connectivity index (χ0) is 20.8. The number of nitrogens with zero attached hydrogens (tertiary/aromatic N) is 4. The molecule has 1 aromatic heterocycles. The molecule has 0 radical (unpaired) electrons. The van der Waals surface area contributed by atoms with Gasteiger partial charge >= 0.3 is 0 Å². The second-order valence-electron chi connectivity index (χ2n) is 7.25. The van der Waals surface area contributed by atoms with Crippen LogP contribution in [0.5, 0.6) is 0 Å². The predicted octanol–water partition coefficient (Wildman–Crippen LogP) is 1.84. The lowest BCUT2D eigenvalue weighted by atomic mass is 10.2. The van der Waals surface area contributed by atoms with Crippen molar-refractivity contribution in [1.29, 1.82) is 0 Å². The number of aliphatic imine (C=N–C) groups is 1. The summed E-state index contributed by atoms with van der Waals surface area (Å²) in [5.41, 5.74) is 1.80. The van der Waals surface area contributed by atoms with E-state index in [-0.39, 0.29) is 17.3 Å². The van der Waals surface area contributed by atoms with Gasteiger partial charge in [-0.15, -0.1) is 0 Å². The minimum Gasteiger partial charge on any atom is -0.340 e. The first-order chi connectivity index (χ1) is 14.0. The summed E-state index contributed by atoms with van der Waals surface area (Å²) in [5, 5.41) is 3.14. The molecule has 3 rings (SSSR count). The second-order valence-corrected chi connectivity index (χ2v) is 7.25. The lowest BCUT2D eigenvalue weighted by Gasteiger charge is -2.33. The number of nitrogens with one attached hydrogen (secondary N) is 1. The number of hydrogen-bond acceptors (Lipinski definition) is 4. The molecule has 156 valence electrons. The zero-order valence-electron chi connectivity index (χ0n) is 17.0. The van der Waals surface area contributed by atoms with Crippen LogP contribution in [0.15, 0.2) is 34.1 Å². The molecule has 29 heavy (non-hydrogen) atoms. The van der Waals surface area contributed by atoms with E-state index in [0.29, 0.717) is 17.8 Å². The van der Waals surface area contributed by atoms with Crippen LogP contribution in [0.25, 0.3) is 5.69 Å². The van der Waals surface area contributed by atoms with E-state index in [2.05, 4.69) is 21.9 Å². The molecule has 1 aliphatic heterocycles. The normalized spacial score (nSPS) is 15.3. The van der Waals surface area contributed by atoms with Crippen molar-refractivity contribution < 1.29 is 9.18 Å². The van der Waals surface area contributed by atoms with E-state index >= 15 is 0 Å². The highest BCUT2D eigenvalue weighted by atomic mass is 19.1. The van der Waals surface area contributed by atoms with Crippen LogP contribution in [0.2, 0.25) is 0 Å². The molecule has 7 nitrogen and oxygen atoms in total. The first kappa shape index (κ1) is 21.0. The number of aromatic nitrogens is 2. The molecule has 1 amide bonds. The molecule has 0 unspecified atom stereocenters. The zero-order valence-corrected chi connectivity index (χ0v) is 17.0. The van der Waals surface area contributed by atoms with Crippen molar-refractivity contribution in [3.63, 3.8) is 0 Å². The molecular weight excluding hydrogens is 373 g/mol. The molecular formula is C21H28FN5O2. The van der Waals surface area contributed by atoms with Crippen LogP contribution >= 0.6 is 0 Å². The molecule has 2 heterocycles. The topological polar surface area (TPSA) is 73.7 Å². The van der Waals surface area contributed by atoms with Crippen LogP contribution in [0.3, 0.4) is 0 Å². The van der Waals surface area contributed by atoms with Gasteiger partial charge in [0, 0.05) is 51.6 Å². The second kappa shape index (κ2) is 9.65. The Labute approximate surface area is 169 Å². The van der Waals surface area contributed by atoms with Gasteiger partial charge in [0.25, 0.3) is 5.56 Å². The number of amides is 1. The fourth-order valence-corrected chi connectivity index (χ4v) is 3.48. The molecule has 0 spiro atoms. The number of hydrogen-bond donors (Lipinski definition) is 1. The third kappa shape index (κ3) is 5.20. The van der Waals surface area contributed by atoms with Crippen molar-refractivity contribution >= 4 is 12.1 Å². The Morgan fingerprint density at radius 3 is 2.52 bits per heavy atom. The summed E-state index contributed by atoms with van der Waals surface area (Å²) in [5.74, 6) is -0.218. The quantitative estimate of drug-likeness (QED) is 0.720. The lowest BCUT2D eigenvalue weighted by Crippen LogP contribution is -2.48. The maximum absolute atomic E-state index is 13.2. The molecule has 0 atom stereocenters. The van der Waals surface area contributed by atoms with E-state index in [1.165, 1.54) is 16.8 Å². The minimum absolute atomic E-state index is 0.121. The average molecular weight is 401 g/mol. The Morgan fingerprint density at radius 2 is 1.90 bits per heavy atom. The summed E-state index contributed by atoms with van der Waals surface area (Å²) in [7, 11) is 0. The van der Waals surface area contributed by atoms with E-state index in [9.17, 15) is 14.0 Å². The van der Waals surface area contributed by atoms with Crippen molar-refractivity contribution in [2.24, 2.45) is 4.99 Å². The van der Waals surface area contributed by atoms with Crippen LogP contribution in [0.4, 0.5) is 4.39 Å². The van der Waals surface area contributed by atoms with Gasteiger partial charge < -0.3 is 4.90 Å². The molecule has 1 aliphatic rings. The number of halogens is 1. The molecule has 1 fully saturated rings. The molecule has 1 aromatic carbocycles. The fourth-order valence-electron chi connectivity index (χ4n) is 3.48. The summed E-state index contributed by atoms with van der Waals surface area (Å²) in [6.07, 6.45) is 3.28. The number of H-pyrrole nitrogens is 1. The number of benzene rings is 1. The highest BCUT2D eigenvalue weighted by Gasteiger charge is 2.18. The molecule has 1 N–H and O–H groups in total. The first-order valence-corrected chi connectivity index (χ1v) is 10.1. The Kier molecular flexibility index (Phi) is 6.98. The summed E-state index contributed by atoms with van der Waals surface area (Å²) >= 11 is 0. The Balaban J connectivity index is 1.66. The fraction of sp³-hybridized carbons (Fsp3) is 0.476. The third-order valence-electron chi connectivity index (χ3n) is 5.17. The molecule has 2 aromatic rings. The van der Waals surface area contributed by atoms with Crippen LogP contribution in [0, 0.1) is 5.82 Å². The van der Waals surface area contributed by atoms with Gasteiger partial charge in [-0.3, -0.25) is 24.6 Å². The van der Waals surface area contributed by atoms with Crippen molar-refractivity contribution in [1.82, 2.24) is 19.6 Å². The molecule has 8 heteroatoms. The number of aromatic amines is 1. The number of carbonyl (C=O) groups is 1. The Morgan fingerprint density at radius 1 is 1.21 bits per heavy atom. The van der Waals surface area contributed by atoms with Gasteiger partial charge in [0.2, 0.25) is 5.91 Å². The third-order valence-corrected chi connectivity index (χ3v) is 5.17. The summed E-state index contributed by atoms with van der Waals surface area (Å²) in [4.78, 5) is 32.8. The van der Waals surface area contributed by atoms with E-state index in [1.54, 1.807) is 25.3 Å². The Bertz CT molecular complexity index is 908. The predicted molar refractivity (Wildman–Crippen MR) is 111 cm³/mol. The highest BCUT2D eigenvalue weighted by Crippen LogP contribution is 2.10. The smallest absolute Gasteiger partial charge is 0.280 e. The van der Waals surface area contributed by atoms with Crippen LogP contribution < -0.4 is 5.56 Å². The number of carbonyl (C=O) groups excluding carboxylic acids is 1. The van der Waals surface area contributed by atoms with Crippen molar-refractivity contribution in [2.45, 2.75) is 26.7 Å². The van der Waals surface area contributed by atoms with Crippen molar-refractivity contribution in [3.8, 4) is 5.69 Å². The molecule has 1 saturated heterocycles. The largest absolute Gasteiger partial charge is 0.340 e. The maximum atomic E-state index is 13.2. The van der Waals surface area contributed by atoms with E-state index in [1.807, 2.05) is 4.90 Å². The summed E-state index contributed by atoms with van der Waals surface area (Å²) < 4.78 is 14.6. The SMILES string of the molecule is CCCc1[nH]n(-c2ccc(F)cc2)c(=O)c1C=NCCN1CCN(C(C)=O)CC1. The van der Waals surface area contributed by atoms with Crippen molar-refractivity contribution in [3.05, 3.63) is 51.7 Å². The van der Waals surface area contributed by atoms with Crippen molar-refractivity contribution in [2.75, 3.05) is 39.3 Å². The van der Waals surface area contributed by atoms with Crippen LogP contribution in [-0.4, -0.2) is 71.0 Å². The van der Waals surface area contributed by atoms with Gasteiger partial charge in [0.1, 0.15) is 5.82 Å². The van der Waals surface area contributed by atoms with Gasteiger partial charge in [-0.05, 0) is 30.7 Å². The van der Waals surface area contributed by atoms with Crippen LogP contribution in [0.1, 0.15) is 31.5 Å². The van der Waals surface area contributed by atoms with Gasteiger partial charge in [0.05, 0.1) is 17.8 Å². The van der Waals surface area contributed by atoms with E-state index in [4.69, 9.17) is 0 Å². The summed E-state index contributed by atoms with van der Waals surface area (Å²) in [6, 6.07) is 5.82. The first-order valence-electron chi connectivity index (χ1n) is 10.1. The minimum atomic E-state index is -0.340. The van der Waals surface area contributed by atoms with Gasteiger partial charge in [-0.25, -0.2) is 9.07 Å². The molecule has 0 saturated carbocycles. The highest BCUT2D eigenvalue weighted by molar-refractivity contribution is 5.81. The van der Waals surface area contributed by atoms with Gasteiger partial charge in [0.15, 0.2) is 0 Å². The standard InChI is InChI=1S/C21H28FN5O2/c1-3-4-20-19(21(29)27(24-20)18-7-5-17(22)6-8-18)15-23-9-10-25-11-13-26(14-12-25)16(2)28/h5-8,15,24H,3-4,9-14H2,1-2H3. The number of aryl methyl sites for hydroxylation is 1. The van der Waals surface area contributed by atoms with Gasteiger partial charge in [-0.1, -0.05) is 13.3 Å². The number of piperazine rings is 1. The van der Waals surface area contributed by atoms with E-state index < -0.39 is 0 Å². The average Bonchev–Trinajstić information content (AvgIpc) is 3.02. The summed E-state index contributed by atoms with van der Waals surface area (Å²) in [6.45, 7) is 8.22. The maximum Gasteiger partial charge on any atom is 0.280 e. The number of rotatable bonds is 7. The van der Waals surface area contributed by atoms with Crippen LogP contribution in [-0.2, 0) is 11.2 Å².